The predicted molar refractivity (Wildman–Crippen MR) is 72.4 cm³/mol. The van der Waals surface area contributed by atoms with Gasteiger partial charge in [0.15, 0.2) is 0 Å². The van der Waals surface area contributed by atoms with Gasteiger partial charge in [-0.15, -0.1) is 0 Å². The van der Waals surface area contributed by atoms with Gasteiger partial charge < -0.3 is 5.11 Å². The van der Waals surface area contributed by atoms with E-state index in [0.29, 0.717) is 6.42 Å². The Kier molecular flexibility index (Phi) is 4.83. The summed E-state index contributed by atoms with van der Waals surface area (Å²) in [6, 6.07) is 5.51. The molecule has 0 aliphatic heterocycles. The third kappa shape index (κ3) is 3.86. The first-order valence-electron chi connectivity index (χ1n) is 6.15. The molecule has 0 aromatic carbocycles. The van der Waals surface area contributed by atoms with E-state index >= 15 is 0 Å². The van der Waals surface area contributed by atoms with Crippen LogP contribution in [0.2, 0.25) is 0 Å². The van der Waals surface area contributed by atoms with E-state index in [-0.39, 0.29) is 24.6 Å². The molecular formula is C12H16N4O3S. The van der Waals surface area contributed by atoms with Gasteiger partial charge in [-0.1, -0.05) is 6.07 Å². The maximum absolute atomic E-state index is 12.0. The molecule has 0 bridgehead atoms. The number of nitrogens with zero attached hydrogens (tertiary/aromatic N) is 3. The van der Waals surface area contributed by atoms with E-state index in [0.717, 1.165) is 5.69 Å². The average molecular weight is 296 g/mol. The van der Waals surface area contributed by atoms with Crippen molar-refractivity contribution in [2.24, 2.45) is 0 Å². The number of nitrogens with one attached hydrogen (secondary N) is 1. The van der Waals surface area contributed by atoms with E-state index < -0.39 is 10.0 Å². The largest absolute Gasteiger partial charge is 0.394 e. The van der Waals surface area contributed by atoms with Gasteiger partial charge in [0.25, 0.3) is 0 Å². The minimum atomic E-state index is -3.57. The Labute approximate surface area is 117 Å². The molecule has 2 N–H and O–H groups in total. The van der Waals surface area contributed by atoms with E-state index in [4.69, 9.17) is 5.11 Å². The molecule has 8 heteroatoms. The van der Waals surface area contributed by atoms with Crippen molar-refractivity contribution in [1.82, 2.24) is 19.5 Å². The Morgan fingerprint density at radius 3 is 2.90 bits per heavy atom. The standard InChI is InChI=1S/C12H16N4O3S/c17-8-7-16-10-12(9-14-16)20(18,19)15-6-4-11-3-1-2-5-13-11/h1-3,5,9-10,15,17H,4,6-8H2. The number of aromatic nitrogens is 3. The van der Waals surface area contributed by atoms with Gasteiger partial charge in [0.1, 0.15) is 4.90 Å². The molecule has 2 aromatic heterocycles. The molecule has 0 radical (unpaired) electrons. The van der Waals surface area contributed by atoms with Gasteiger partial charge in [0, 0.05) is 31.1 Å². The second-order valence-corrected chi connectivity index (χ2v) is 5.90. The summed E-state index contributed by atoms with van der Waals surface area (Å²) in [4.78, 5) is 4.21. The summed E-state index contributed by atoms with van der Waals surface area (Å²) >= 11 is 0. The molecule has 0 saturated carbocycles. The molecule has 0 amide bonds. The van der Waals surface area contributed by atoms with Crippen LogP contribution in [0.3, 0.4) is 0 Å². The molecule has 20 heavy (non-hydrogen) atoms. The highest BCUT2D eigenvalue weighted by Crippen LogP contribution is 2.06. The molecule has 0 saturated heterocycles. The summed E-state index contributed by atoms with van der Waals surface area (Å²) < 4.78 is 27.9. The zero-order valence-electron chi connectivity index (χ0n) is 10.8. The summed E-state index contributed by atoms with van der Waals surface area (Å²) in [7, 11) is -3.57. The highest BCUT2D eigenvalue weighted by Gasteiger charge is 2.15. The third-order valence-corrected chi connectivity index (χ3v) is 4.06. The van der Waals surface area contributed by atoms with Crippen molar-refractivity contribution < 1.29 is 13.5 Å². The van der Waals surface area contributed by atoms with E-state index in [2.05, 4.69) is 14.8 Å². The van der Waals surface area contributed by atoms with Gasteiger partial charge in [-0.2, -0.15) is 5.10 Å². The molecule has 0 fully saturated rings. The Bertz CT molecular complexity index is 640. The second-order valence-electron chi connectivity index (χ2n) is 4.13. The molecule has 0 spiro atoms. The summed E-state index contributed by atoms with van der Waals surface area (Å²) in [6.07, 6.45) is 4.84. The molecular weight excluding hydrogens is 280 g/mol. The number of aliphatic hydroxyl groups is 1. The van der Waals surface area contributed by atoms with Gasteiger partial charge >= 0.3 is 0 Å². The normalized spacial score (nSPS) is 11.7. The molecule has 0 aliphatic rings. The van der Waals surface area contributed by atoms with Crippen LogP contribution in [-0.2, 0) is 23.0 Å². The molecule has 2 rings (SSSR count). The fourth-order valence-corrected chi connectivity index (χ4v) is 2.63. The van der Waals surface area contributed by atoms with Crippen molar-refractivity contribution in [3.8, 4) is 0 Å². The molecule has 7 nitrogen and oxygen atoms in total. The van der Waals surface area contributed by atoms with Gasteiger partial charge in [0.05, 0.1) is 19.3 Å². The zero-order chi connectivity index (χ0) is 14.4. The summed E-state index contributed by atoms with van der Waals surface area (Å²) in [5.41, 5.74) is 0.825. The lowest BCUT2D eigenvalue weighted by atomic mass is 10.3. The summed E-state index contributed by atoms with van der Waals surface area (Å²) in [5.74, 6) is 0. The smallest absolute Gasteiger partial charge is 0.243 e. The van der Waals surface area contributed by atoms with Crippen LogP contribution in [-0.4, -0.2) is 41.4 Å². The van der Waals surface area contributed by atoms with Crippen LogP contribution >= 0.6 is 0 Å². The van der Waals surface area contributed by atoms with Crippen LogP contribution in [0.25, 0.3) is 0 Å². The Hall–Kier alpha value is -1.77. The monoisotopic (exact) mass is 296 g/mol. The minimum absolute atomic E-state index is 0.0890. The molecule has 0 unspecified atom stereocenters. The van der Waals surface area contributed by atoms with Crippen molar-refractivity contribution in [2.75, 3.05) is 13.2 Å². The first-order valence-corrected chi connectivity index (χ1v) is 7.63. The van der Waals surface area contributed by atoms with Crippen molar-refractivity contribution in [3.05, 3.63) is 42.5 Å². The molecule has 2 heterocycles. The summed E-state index contributed by atoms with van der Waals surface area (Å²) in [5, 5.41) is 12.6. The van der Waals surface area contributed by atoms with Crippen LogP contribution in [0.15, 0.2) is 41.7 Å². The fraction of sp³-hybridized carbons (Fsp3) is 0.333. The number of sulfonamides is 1. The number of rotatable bonds is 7. The first kappa shape index (κ1) is 14.6. The number of pyridine rings is 1. The number of aliphatic hydroxyl groups excluding tert-OH is 1. The van der Waals surface area contributed by atoms with E-state index in [9.17, 15) is 8.42 Å². The van der Waals surface area contributed by atoms with Gasteiger partial charge in [0.2, 0.25) is 10.0 Å². The molecule has 0 aliphatic carbocycles. The van der Waals surface area contributed by atoms with Crippen LogP contribution in [0.5, 0.6) is 0 Å². The molecule has 108 valence electrons. The Morgan fingerprint density at radius 2 is 2.20 bits per heavy atom. The Balaban J connectivity index is 1.93. The average Bonchev–Trinajstić information content (AvgIpc) is 2.90. The predicted octanol–water partition coefficient (Wildman–Crippen LogP) is -0.209. The first-order chi connectivity index (χ1) is 9.62. The van der Waals surface area contributed by atoms with Crippen LogP contribution in [0, 0.1) is 0 Å². The van der Waals surface area contributed by atoms with Crippen molar-refractivity contribution in [2.45, 2.75) is 17.9 Å². The third-order valence-electron chi connectivity index (χ3n) is 2.65. The zero-order valence-corrected chi connectivity index (χ0v) is 11.6. The molecule has 2 aromatic rings. The molecule has 0 atom stereocenters. The van der Waals surface area contributed by atoms with Crippen LogP contribution < -0.4 is 4.72 Å². The maximum atomic E-state index is 12.0. The van der Waals surface area contributed by atoms with Crippen molar-refractivity contribution >= 4 is 10.0 Å². The quantitative estimate of drug-likeness (QED) is 0.737. The van der Waals surface area contributed by atoms with E-state index in [1.165, 1.54) is 17.1 Å². The number of hydrogen-bond acceptors (Lipinski definition) is 5. The summed E-state index contributed by atoms with van der Waals surface area (Å²) in [6.45, 7) is 0.447. The van der Waals surface area contributed by atoms with Crippen molar-refractivity contribution in [3.63, 3.8) is 0 Å². The lowest BCUT2D eigenvalue weighted by Crippen LogP contribution is -2.25. The lowest BCUT2D eigenvalue weighted by molar-refractivity contribution is 0.269. The number of hydrogen-bond donors (Lipinski definition) is 2. The highest BCUT2D eigenvalue weighted by molar-refractivity contribution is 7.89. The SMILES string of the molecule is O=S(=O)(NCCc1ccccn1)c1cnn(CCO)c1. The van der Waals surface area contributed by atoms with Gasteiger partial charge in [-0.25, -0.2) is 13.1 Å². The lowest BCUT2D eigenvalue weighted by Gasteiger charge is -2.04. The maximum Gasteiger partial charge on any atom is 0.243 e. The second kappa shape index (κ2) is 6.60. The topological polar surface area (TPSA) is 97.1 Å². The van der Waals surface area contributed by atoms with Gasteiger partial charge in [-0.05, 0) is 12.1 Å². The highest BCUT2D eigenvalue weighted by atomic mass is 32.2. The van der Waals surface area contributed by atoms with Crippen molar-refractivity contribution in [1.29, 1.82) is 0 Å². The van der Waals surface area contributed by atoms with E-state index in [1.807, 2.05) is 18.2 Å². The fourth-order valence-electron chi connectivity index (χ4n) is 1.65. The Morgan fingerprint density at radius 1 is 1.35 bits per heavy atom. The van der Waals surface area contributed by atoms with Crippen LogP contribution in [0.4, 0.5) is 0 Å². The van der Waals surface area contributed by atoms with Gasteiger partial charge in [-0.3, -0.25) is 9.67 Å². The van der Waals surface area contributed by atoms with E-state index in [1.54, 1.807) is 6.20 Å². The minimum Gasteiger partial charge on any atom is -0.394 e. The van der Waals surface area contributed by atoms with Crippen LogP contribution in [0.1, 0.15) is 5.69 Å².